The van der Waals surface area contributed by atoms with Crippen molar-refractivity contribution < 1.29 is 5.21 Å². The van der Waals surface area contributed by atoms with Crippen LogP contribution in [-0.4, -0.2) is 17.5 Å². The maximum absolute atomic E-state index is 8.75. The highest BCUT2D eigenvalue weighted by atomic mass is 16.4. The van der Waals surface area contributed by atoms with E-state index < -0.39 is 0 Å². The standard InChI is InChI=1S/C10H14N2O/c11-8-4-7-10(12-13)9-5-2-1-3-6-9/h1-3,5-6,13H,4,7-8,11H2/b12-10-. The molecule has 0 aliphatic heterocycles. The third kappa shape index (κ3) is 2.87. The van der Waals surface area contributed by atoms with Crippen LogP contribution in [0.1, 0.15) is 18.4 Å². The molecule has 0 aliphatic carbocycles. The van der Waals surface area contributed by atoms with Gasteiger partial charge in [-0.1, -0.05) is 35.5 Å². The molecule has 1 aromatic rings. The van der Waals surface area contributed by atoms with Crippen molar-refractivity contribution in [3.8, 4) is 0 Å². The van der Waals surface area contributed by atoms with Crippen molar-refractivity contribution in [2.24, 2.45) is 10.9 Å². The molecule has 0 unspecified atom stereocenters. The molecule has 70 valence electrons. The van der Waals surface area contributed by atoms with Gasteiger partial charge in [0.2, 0.25) is 0 Å². The third-order valence-corrected chi connectivity index (χ3v) is 1.85. The number of hydrogen-bond acceptors (Lipinski definition) is 3. The van der Waals surface area contributed by atoms with Gasteiger partial charge < -0.3 is 10.9 Å². The summed E-state index contributed by atoms with van der Waals surface area (Å²) in [7, 11) is 0. The molecule has 0 aromatic heterocycles. The molecule has 1 aromatic carbocycles. The topological polar surface area (TPSA) is 58.6 Å². The SMILES string of the molecule is NCCC/C(=N/O)c1ccccc1. The van der Waals surface area contributed by atoms with E-state index in [9.17, 15) is 0 Å². The summed E-state index contributed by atoms with van der Waals surface area (Å²) in [6.07, 6.45) is 1.56. The van der Waals surface area contributed by atoms with Crippen LogP contribution < -0.4 is 5.73 Å². The Morgan fingerprint density at radius 3 is 2.54 bits per heavy atom. The van der Waals surface area contributed by atoms with Gasteiger partial charge in [0.1, 0.15) is 0 Å². The fraction of sp³-hybridized carbons (Fsp3) is 0.300. The van der Waals surface area contributed by atoms with Gasteiger partial charge in [0.15, 0.2) is 0 Å². The first-order valence-corrected chi connectivity index (χ1v) is 4.35. The van der Waals surface area contributed by atoms with E-state index in [1.165, 1.54) is 0 Å². The highest BCUT2D eigenvalue weighted by Crippen LogP contribution is 2.05. The van der Waals surface area contributed by atoms with Crippen molar-refractivity contribution in [1.29, 1.82) is 0 Å². The van der Waals surface area contributed by atoms with Crippen molar-refractivity contribution in [1.82, 2.24) is 0 Å². The number of hydrogen-bond donors (Lipinski definition) is 2. The first-order valence-electron chi connectivity index (χ1n) is 4.35. The average molecular weight is 178 g/mol. The van der Waals surface area contributed by atoms with Crippen molar-refractivity contribution in [2.45, 2.75) is 12.8 Å². The normalized spacial score (nSPS) is 11.6. The van der Waals surface area contributed by atoms with Crippen LogP contribution in [0.15, 0.2) is 35.5 Å². The second-order valence-electron chi connectivity index (χ2n) is 2.80. The van der Waals surface area contributed by atoms with E-state index in [1.807, 2.05) is 30.3 Å². The Morgan fingerprint density at radius 1 is 1.31 bits per heavy atom. The Labute approximate surface area is 77.9 Å². The molecule has 0 aliphatic rings. The second kappa shape index (κ2) is 5.32. The van der Waals surface area contributed by atoms with Gasteiger partial charge in [-0.2, -0.15) is 0 Å². The summed E-state index contributed by atoms with van der Waals surface area (Å²) in [5, 5.41) is 12.0. The van der Waals surface area contributed by atoms with Gasteiger partial charge in [-0.15, -0.1) is 0 Å². The molecule has 1 rings (SSSR count). The molecular weight excluding hydrogens is 164 g/mol. The van der Waals surface area contributed by atoms with Crippen LogP contribution in [0.25, 0.3) is 0 Å². The summed E-state index contributed by atoms with van der Waals surface area (Å²) < 4.78 is 0. The summed E-state index contributed by atoms with van der Waals surface area (Å²) >= 11 is 0. The molecule has 13 heavy (non-hydrogen) atoms. The molecule has 3 N–H and O–H groups in total. The van der Waals surface area contributed by atoms with Gasteiger partial charge in [-0.05, 0) is 24.9 Å². The van der Waals surface area contributed by atoms with Crippen LogP contribution in [0.5, 0.6) is 0 Å². The van der Waals surface area contributed by atoms with Crippen LogP contribution in [0, 0.1) is 0 Å². The zero-order valence-corrected chi connectivity index (χ0v) is 7.48. The van der Waals surface area contributed by atoms with Crippen LogP contribution in [0.2, 0.25) is 0 Å². The molecule has 0 amide bonds. The number of oxime groups is 1. The van der Waals surface area contributed by atoms with E-state index in [0.29, 0.717) is 12.3 Å². The van der Waals surface area contributed by atoms with Crippen molar-refractivity contribution in [3.63, 3.8) is 0 Å². The lowest BCUT2D eigenvalue weighted by molar-refractivity contribution is 0.318. The van der Waals surface area contributed by atoms with E-state index in [-0.39, 0.29) is 0 Å². The number of benzene rings is 1. The summed E-state index contributed by atoms with van der Waals surface area (Å²) in [6.45, 7) is 0.617. The Bertz CT molecular complexity index is 270. The summed E-state index contributed by atoms with van der Waals surface area (Å²) in [5.74, 6) is 0. The van der Waals surface area contributed by atoms with Crippen molar-refractivity contribution in [3.05, 3.63) is 35.9 Å². The minimum atomic E-state index is 0.617. The van der Waals surface area contributed by atoms with Crippen LogP contribution >= 0.6 is 0 Å². The molecule has 0 saturated heterocycles. The largest absolute Gasteiger partial charge is 0.411 e. The number of nitrogens with two attached hydrogens (primary N) is 1. The summed E-state index contributed by atoms with van der Waals surface area (Å²) in [6, 6.07) is 9.62. The highest BCUT2D eigenvalue weighted by molar-refractivity contribution is 6.00. The van der Waals surface area contributed by atoms with Gasteiger partial charge in [-0.3, -0.25) is 0 Å². The number of rotatable bonds is 4. The van der Waals surface area contributed by atoms with Gasteiger partial charge in [0, 0.05) is 0 Å². The Hall–Kier alpha value is -1.35. The minimum Gasteiger partial charge on any atom is -0.411 e. The maximum atomic E-state index is 8.75. The lowest BCUT2D eigenvalue weighted by Crippen LogP contribution is -2.05. The predicted molar refractivity (Wildman–Crippen MR) is 53.1 cm³/mol. The Balaban J connectivity index is 2.69. The lowest BCUT2D eigenvalue weighted by atomic mass is 10.1. The fourth-order valence-corrected chi connectivity index (χ4v) is 1.15. The lowest BCUT2D eigenvalue weighted by Gasteiger charge is -2.02. The van der Waals surface area contributed by atoms with E-state index in [1.54, 1.807) is 0 Å². The Morgan fingerprint density at radius 2 is 2.00 bits per heavy atom. The molecule has 3 nitrogen and oxygen atoms in total. The maximum Gasteiger partial charge on any atom is 0.0868 e. The molecule has 0 bridgehead atoms. The van der Waals surface area contributed by atoms with Gasteiger partial charge >= 0.3 is 0 Å². The van der Waals surface area contributed by atoms with Crippen LogP contribution in [0.3, 0.4) is 0 Å². The highest BCUT2D eigenvalue weighted by Gasteiger charge is 2.01. The zero-order chi connectivity index (χ0) is 9.52. The summed E-state index contributed by atoms with van der Waals surface area (Å²) in [5.41, 5.74) is 7.03. The quantitative estimate of drug-likeness (QED) is 0.418. The summed E-state index contributed by atoms with van der Waals surface area (Å²) in [4.78, 5) is 0. The molecule has 0 atom stereocenters. The van der Waals surface area contributed by atoms with E-state index >= 15 is 0 Å². The van der Waals surface area contributed by atoms with E-state index in [2.05, 4.69) is 5.16 Å². The molecular formula is C10H14N2O. The molecule has 3 heteroatoms. The molecule has 0 spiro atoms. The first-order chi connectivity index (χ1) is 6.38. The molecule has 0 radical (unpaired) electrons. The zero-order valence-electron chi connectivity index (χ0n) is 7.48. The first kappa shape index (κ1) is 9.74. The van der Waals surface area contributed by atoms with Gasteiger partial charge in [0.05, 0.1) is 5.71 Å². The second-order valence-corrected chi connectivity index (χ2v) is 2.80. The number of nitrogens with zero attached hydrogens (tertiary/aromatic N) is 1. The molecule has 0 heterocycles. The van der Waals surface area contributed by atoms with E-state index in [4.69, 9.17) is 10.9 Å². The molecule has 0 fully saturated rings. The van der Waals surface area contributed by atoms with E-state index in [0.717, 1.165) is 18.4 Å². The minimum absolute atomic E-state index is 0.617. The third-order valence-electron chi connectivity index (χ3n) is 1.85. The van der Waals surface area contributed by atoms with Gasteiger partial charge in [-0.25, -0.2) is 0 Å². The van der Waals surface area contributed by atoms with Crippen molar-refractivity contribution >= 4 is 5.71 Å². The smallest absolute Gasteiger partial charge is 0.0868 e. The fourth-order valence-electron chi connectivity index (χ4n) is 1.15. The van der Waals surface area contributed by atoms with Gasteiger partial charge in [0.25, 0.3) is 0 Å². The van der Waals surface area contributed by atoms with Crippen LogP contribution in [0.4, 0.5) is 0 Å². The Kier molecular flexibility index (Phi) is 3.99. The monoisotopic (exact) mass is 178 g/mol. The van der Waals surface area contributed by atoms with Crippen molar-refractivity contribution in [2.75, 3.05) is 6.54 Å². The van der Waals surface area contributed by atoms with Crippen LogP contribution in [-0.2, 0) is 0 Å². The predicted octanol–water partition coefficient (Wildman–Crippen LogP) is 1.60. The molecule has 0 saturated carbocycles. The average Bonchev–Trinajstić information content (AvgIpc) is 2.21.